The quantitative estimate of drug-likeness (QED) is 0.532. The maximum atomic E-state index is 13.0. The third-order valence-corrected chi connectivity index (χ3v) is 5.42. The Bertz CT molecular complexity index is 738. The lowest BCUT2D eigenvalue weighted by Gasteiger charge is -2.26. The Labute approximate surface area is 155 Å². The number of unbranched alkanes of at least 4 members (excludes halogenated alkanes) is 2. The molecule has 0 bridgehead atoms. The third-order valence-electron chi connectivity index (χ3n) is 5.17. The largest absolute Gasteiger partial charge is 0.331 e. The van der Waals surface area contributed by atoms with Gasteiger partial charge in [-0.3, -0.25) is 4.79 Å². The van der Waals surface area contributed by atoms with Crippen LogP contribution in [0.25, 0.3) is 11.1 Å². The van der Waals surface area contributed by atoms with Crippen molar-refractivity contribution in [2.24, 2.45) is 0 Å². The molecule has 0 spiro atoms. The van der Waals surface area contributed by atoms with Crippen LogP contribution in [0.15, 0.2) is 42.5 Å². The number of amides is 1. The van der Waals surface area contributed by atoms with Gasteiger partial charge in [0.1, 0.15) is 0 Å². The first kappa shape index (κ1) is 18.0. The van der Waals surface area contributed by atoms with E-state index in [0.29, 0.717) is 6.04 Å². The molecule has 3 heteroatoms. The third kappa shape index (κ3) is 3.90. The van der Waals surface area contributed by atoms with Gasteiger partial charge in [0.15, 0.2) is 0 Å². The van der Waals surface area contributed by atoms with Crippen LogP contribution in [0.1, 0.15) is 61.9 Å². The number of carbonyl (C=O) groups is 1. The number of carbonyl (C=O) groups excluding carboxylic acids is 1. The van der Waals surface area contributed by atoms with Crippen molar-refractivity contribution in [3.05, 3.63) is 58.6 Å². The number of rotatable bonds is 7. The van der Waals surface area contributed by atoms with Crippen LogP contribution < -0.4 is 0 Å². The number of hydrogen-bond acceptors (Lipinski definition) is 1. The molecule has 1 aliphatic rings. The molecule has 3 rings (SSSR count). The highest BCUT2D eigenvalue weighted by atomic mass is 35.5. The highest BCUT2D eigenvalue weighted by molar-refractivity contribution is 6.30. The van der Waals surface area contributed by atoms with E-state index in [4.69, 9.17) is 11.6 Å². The molecule has 2 aromatic rings. The molecule has 0 aliphatic carbocycles. The molecule has 1 unspecified atom stereocenters. The van der Waals surface area contributed by atoms with E-state index in [1.807, 2.05) is 30.3 Å². The summed E-state index contributed by atoms with van der Waals surface area (Å²) in [4.78, 5) is 15.0. The number of benzene rings is 2. The second-order valence-corrected chi connectivity index (χ2v) is 7.31. The van der Waals surface area contributed by atoms with Crippen LogP contribution in [-0.4, -0.2) is 16.8 Å². The first-order chi connectivity index (χ1) is 12.1. The van der Waals surface area contributed by atoms with Gasteiger partial charge in [0.05, 0.1) is 0 Å². The second-order valence-electron chi connectivity index (χ2n) is 6.87. The summed E-state index contributed by atoms with van der Waals surface area (Å²) in [6.07, 6.45) is 5.79. The van der Waals surface area contributed by atoms with Crippen LogP contribution in [-0.2, 0) is 6.54 Å². The van der Waals surface area contributed by atoms with Crippen LogP contribution in [0, 0.1) is 0 Å². The maximum Gasteiger partial charge on any atom is 0.254 e. The average Bonchev–Trinajstić information content (AvgIpc) is 2.96. The Kier molecular flexibility index (Phi) is 5.80. The summed E-state index contributed by atoms with van der Waals surface area (Å²) in [5.41, 5.74) is 4.18. The highest BCUT2D eigenvalue weighted by Crippen LogP contribution is 2.31. The van der Waals surface area contributed by atoms with Crippen LogP contribution >= 0.6 is 11.6 Å². The molecule has 0 saturated carbocycles. The number of fused-ring (bicyclic) bond motifs is 1. The van der Waals surface area contributed by atoms with Gasteiger partial charge in [0.2, 0.25) is 0 Å². The lowest BCUT2D eigenvalue weighted by molar-refractivity contribution is 0.0685. The van der Waals surface area contributed by atoms with Crippen molar-refractivity contribution in [1.82, 2.24) is 4.90 Å². The summed E-state index contributed by atoms with van der Waals surface area (Å²) in [6.45, 7) is 5.15. The molecule has 1 aliphatic heterocycles. The fraction of sp³-hybridized carbons (Fsp3) is 0.409. The van der Waals surface area contributed by atoms with E-state index in [-0.39, 0.29) is 5.91 Å². The zero-order valence-electron chi connectivity index (χ0n) is 15.1. The minimum absolute atomic E-state index is 0.189. The fourth-order valence-corrected chi connectivity index (χ4v) is 3.78. The molecular weight excluding hydrogens is 330 g/mol. The summed E-state index contributed by atoms with van der Waals surface area (Å²) >= 11 is 5.98. The van der Waals surface area contributed by atoms with E-state index in [0.717, 1.165) is 46.7 Å². The Hall–Kier alpha value is -1.80. The normalized spacial score (nSPS) is 14.7. The number of halogens is 1. The molecule has 0 radical (unpaired) electrons. The molecule has 25 heavy (non-hydrogen) atoms. The highest BCUT2D eigenvalue weighted by Gasteiger charge is 2.31. The summed E-state index contributed by atoms with van der Waals surface area (Å²) in [6, 6.07) is 14.4. The summed E-state index contributed by atoms with van der Waals surface area (Å²) in [5, 5.41) is 0.727. The molecule has 0 aromatic heterocycles. The van der Waals surface area contributed by atoms with Crippen LogP contribution in [0.2, 0.25) is 5.02 Å². The van der Waals surface area contributed by atoms with Crippen molar-refractivity contribution < 1.29 is 4.79 Å². The van der Waals surface area contributed by atoms with Crippen molar-refractivity contribution in [2.45, 2.75) is 58.5 Å². The zero-order chi connectivity index (χ0) is 17.8. The van der Waals surface area contributed by atoms with Gasteiger partial charge in [-0.05, 0) is 47.7 Å². The van der Waals surface area contributed by atoms with Crippen LogP contribution in [0.4, 0.5) is 0 Å². The Morgan fingerprint density at radius 1 is 1.04 bits per heavy atom. The summed E-state index contributed by atoms with van der Waals surface area (Å²) in [7, 11) is 0. The Balaban J connectivity index is 1.80. The minimum Gasteiger partial charge on any atom is -0.331 e. The van der Waals surface area contributed by atoms with Gasteiger partial charge in [-0.2, -0.15) is 0 Å². The molecule has 0 fully saturated rings. The van der Waals surface area contributed by atoms with E-state index >= 15 is 0 Å². The van der Waals surface area contributed by atoms with Gasteiger partial charge in [-0.25, -0.2) is 0 Å². The summed E-state index contributed by atoms with van der Waals surface area (Å²) < 4.78 is 0. The van der Waals surface area contributed by atoms with E-state index in [1.165, 1.54) is 19.3 Å². The average molecular weight is 356 g/mol. The van der Waals surface area contributed by atoms with Crippen molar-refractivity contribution in [2.75, 3.05) is 0 Å². The smallest absolute Gasteiger partial charge is 0.254 e. The molecule has 0 N–H and O–H groups in total. The molecule has 2 aromatic carbocycles. The van der Waals surface area contributed by atoms with Crippen LogP contribution in [0.5, 0.6) is 0 Å². The maximum absolute atomic E-state index is 13.0. The zero-order valence-corrected chi connectivity index (χ0v) is 15.9. The van der Waals surface area contributed by atoms with E-state index < -0.39 is 0 Å². The Morgan fingerprint density at radius 2 is 1.76 bits per heavy atom. The first-order valence-corrected chi connectivity index (χ1v) is 9.71. The predicted octanol–water partition coefficient (Wildman–Crippen LogP) is 6.32. The van der Waals surface area contributed by atoms with Gasteiger partial charge >= 0.3 is 0 Å². The van der Waals surface area contributed by atoms with Crippen molar-refractivity contribution in [3.8, 4) is 11.1 Å². The van der Waals surface area contributed by atoms with E-state index in [9.17, 15) is 4.79 Å². The van der Waals surface area contributed by atoms with Crippen LogP contribution in [0.3, 0.4) is 0 Å². The molecule has 0 saturated heterocycles. The minimum atomic E-state index is 0.189. The standard InChI is InChI=1S/C22H26ClNO/c1-3-5-6-7-20(4-2)24-15-18-9-8-17(14-21(18)22(24)25)16-10-12-19(23)13-11-16/h8-14,20H,3-7,15H2,1-2H3. The lowest BCUT2D eigenvalue weighted by atomic mass is 10.0. The van der Waals surface area contributed by atoms with Gasteiger partial charge in [-0.1, -0.05) is 69.0 Å². The molecular formula is C22H26ClNO. The monoisotopic (exact) mass is 355 g/mol. The van der Waals surface area contributed by atoms with E-state index in [2.05, 4.69) is 30.9 Å². The van der Waals surface area contributed by atoms with Crippen molar-refractivity contribution >= 4 is 17.5 Å². The molecule has 132 valence electrons. The van der Waals surface area contributed by atoms with Gasteiger partial charge < -0.3 is 4.90 Å². The number of hydrogen-bond donors (Lipinski definition) is 0. The molecule has 1 heterocycles. The first-order valence-electron chi connectivity index (χ1n) is 9.33. The molecule has 1 atom stereocenters. The van der Waals surface area contributed by atoms with E-state index in [1.54, 1.807) is 0 Å². The second kappa shape index (κ2) is 8.05. The van der Waals surface area contributed by atoms with Crippen molar-refractivity contribution in [1.29, 1.82) is 0 Å². The SMILES string of the molecule is CCCCCC(CC)N1Cc2ccc(-c3ccc(Cl)cc3)cc2C1=O. The van der Waals surface area contributed by atoms with Gasteiger partial charge in [-0.15, -0.1) is 0 Å². The number of nitrogens with zero attached hydrogens (tertiary/aromatic N) is 1. The summed E-state index contributed by atoms with van der Waals surface area (Å²) in [5.74, 6) is 0.189. The van der Waals surface area contributed by atoms with Gasteiger partial charge in [0, 0.05) is 23.2 Å². The molecule has 1 amide bonds. The van der Waals surface area contributed by atoms with Crippen molar-refractivity contribution in [3.63, 3.8) is 0 Å². The predicted molar refractivity (Wildman–Crippen MR) is 105 cm³/mol. The Morgan fingerprint density at radius 3 is 2.44 bits per heavy atom. The molecule has 2 nitrogen and oxygen atoms in total. The lowest BCUT2D eigenvalue weighted by Crippen LogP contribution is -2.35. The van der Waals surface area contributed by atoms with Gasteiger partial charge in [0.25, 0.3) is 5.91 Å². The topological polar surface area (TPSA) is 20.3 Å². The fourth-order valence-electron chi connectivity index (χ4n) is 3.65.